The van der Waals surface area contributed by atoms with Gasteiger partial charge in [0.05, 0.1) is 0 Å². The minimum atomic E-state index is -0.538. The Labute approximate surface area is 164 Å². The number of anilines is 1. The van der Waals surface area contributed by atoms with Crippen molar-refractivity contribution in [3.05, 3.63) is 90.5 Å². The fraction of sp³-hybridized carbons (Fsp3) is 0.130. The van der Waals surface area contributed by atoms with E-state index < -0.39 is 6.09 Å². The Morgan fingerprint density at radius 1 is 0.750 bits per heavy atom. The standard InChI is InChI=1S/C23H22N2O3/c26-22(15-16-24-23(27)28-17-18-7-3-1-4-8-18)25-21-13-11-20(12-14-21)19-9-5-2-6-10-19/h1-14H,15-17H2,(H,24,27)(H,25,26). The summed E-state index contributed by atoms with van der Waals surface area (Å²) in [6.07, 6.45) is -0.371. The Bertz CT molecular complexity index is 894. The van der Waals surface area contributed by atoms with Gasteiger partial charge < -0.3 is 15.4 Å². The smallest absolute Gasteiger partial charge is 0.407 e. The first kappa shape index (κ1) is 19.2. The van der Waals surface area contributed by atoms with Crippen LogP contribution >= 0.6 is 0 Å². The zero-order chi connectivity index (χ0) is 19.6. The van der Waals surface area contributed by atoms with E-state index in [0.29, 0.717) is 0 Å². The molecule has 0 aliphatic rings. The molecule has 0 heterocycles. The van der Waals surface area contributed by atoms with E-state index in [9.17, 15) is 9.59 Å². The van der Waals surface area contributed by atoms with Crippen molar-refractivity contribution in [3.63, 3.8) is 0 Å². The first-order chi connectivity index (χ1) is 13.7. The monoisotopic (exact) mass is 374 g/mol. The average Bonchev–Trinajstić information content (AvgIpc) is 2.74. The molecule has 0 atom stereocenters. The van der Waals surface area contributed by atoms with Crippen LogP contribution in [0.3, 0.4) is 0 Å². The lowest BCUT2D eigenvalue weighted by Crippen LogP contribution is -2.28. The highest BCUT2D eigenvalue weighted by Gasteiger charge is 2.06. The van der Waals surface area contributed by atoms with Crippen molar-refractivity contribution >= 4 is 17.7 Å². The molecule has 3 rings (SSSR count). The van der Waals surface area contributed by atoms with Crippen LogP contribution in [0.5, 0.6) is 0 Å². The Balaban J connectivity index is 1.38. The summed E-state index contributed by atoms with van der Waals surface area (Å²) >= 11 is 0. The molecule has 0 radical (unpaired) electrons. The summed E-state index contributed by atoms with van der Waals surface area (Å²) in [7, 11) is 0. The lowest BCUT2D eigenvalue weighted by molar-refractivity contribution is -0.116. The topological polar surface area (TPSA) is 67.4 Å². The number of rotatable bonds is 7. The fourth-order valence-electron chi connectivity index (χ4n) is 2.65. The lowest BCUT2D eigenvalue weighted by Gasteiger charge is -2.08. The largest absolute Gasteiger partial charge is 0.445 e. The second-order valence-electron chi connectivity index (χ2n) is 6.23. The van der Waals surface area contributed by atoms with E-state index in [0.717, 1.165) is 22.4 Å². The number of carbonyl (C=O) groups excluding carboxylic acids is 2. The van der Waals surface area contributed by atoms with E-state index in [4.69, 9.17) is 4.74 Å². The number of carbonyl (C=O) groups is 2. The van der Waals surface area contributed by atoms with Crippen LogP contribution in [0.15, 0.2) is 84.9 Å². The molecule has 5 nitrogen and oxygen atoms in total. The van der Waals surface area contributed by atoms with E-state index in [1.807, 2.05) is 84.9 Å². The van der Waals surface area contributed by atoms with Crippen molar-refractivity contribution in [2.45, 2.75) is 13.0 Å². The maximum atomic E-state index is 12.0. The van der Waals surface area contributed by atoms with Crippen molar-refractivity contribution in [1.29, 1.82) is 0 Å². The summed E-state index contributed by atoms with van der Waals surface area (Å²) in [4.78, 5) is 23.7. The number of alkyl carbamates (subject to hydrolysis) is 1. The molecule has 2 N–H and O–H groups in total. The summed E-state index contributed by atoms with van der Waals surface area (Å²) in [5.41, 5.74) is 3.84. The molecule has 3 aromatic carbocycles. The van der Waals surface area contributed by atoms with Gasteiger partial charge in [-0.15, -0.1) is 0 Å². The van der Waals surface area contributed by atoms with Crippen LogP contribution < -0.4 is 10.6 Å². The fourth-order valence-corrected chi connectivity index (χ4v) is 2.65. The quantitative estimate of drug-likeness (QED) is 0.635. The van der Waals surface area contributed by atoms with Gasteiger partial charge in [-0.1, -0.05) is 72.8 Å². The molecule has 0 aliphatic heterocycles. The molecular formula is C23H22N2O3. The van der Waals surface area contributed by atoms with Crippen molar-refractivity contribution < 1.29 is 14.3 Å². The van der Waals surface area contributed by atoms with E-state index >= 15 is 0 Å². The van der Waals surface area contributed by atoms with Crippen LogP contribution in [-0.2, 0) is 16.1 Å². The third kappa shape index (κ3) is 5.99. The van der Waals surface area contributed by atoms with Gasteiger partial charge in [0.15, 0.2) is 0 Å². The van der Waals surface area contributed by atoms with E-state index in [2.05, 4.69) is 10.6 Å². The van der Waals surface area contributed by atoms with Crippen molar-refractivity contribution in [1.82, 2.24) is 5.32 Å². The molecule has 0 bridgehead atoms. The van der Waals surface area contributed by atoms with Crippen LogP contribution in [0.2, 0.25) is 0 Å². The van der Waals surface area contributed by atoms with Crippen molar-refractivity contribution in [3.8, 4) is 11.1 Å². The van der Waals surface area contributed by atoms with Crippen LogP contribution in [0.4, 0.5) is 10.5 Å². The van der Waals surface area contributed by atoms with Gasteiger partial charge in [-0.3, -0.25) is 4.79 Å². The molecule has 0 aromatic heterocycles. The van der Waals surface area contributed by atoms with Crippen molar-refractivity contribution in [2.24, 2.45) is 0 Å². The predicted octanol–water partition coefficient (Wildman–Crippen LogP) is 4.61. The van der Waals surface area contributed by atoms with E-state index in [-0.39, 0.29) is 25.5 Å². The molecule has 0 spiro atoms. The first-order valence-electron chi connectivity index (χ1n) is 9.10. The minimum absolute atomic E-state index is 0.168. The summed E-state index contributed by atoms with van der Waals surface area (Å²) in [6, 6.07) is 27.1. The van der Waals surface area contributed by atoms with Crippen LogP contribution in [0.25, 0.3) is 11.1 Å². The Hall–Kier alpha value is -3.60. The number of nitrogens with one attached hydrogen (secondary N) is 2. The maximum absolute atomic E-state index is 12.0. The molecule has 0 fully saturated rings. The molecule has 0 aliphatic carbocycles. The first-order valence-corrected chi connectivity index (χ1v) is 9.10. The molecule has 3 aromatic rings. The predicted molar refractivity (Wildman–Crippen MR) is 110 cm³/mol. The van der Waals surface area contributed by atoms with Gasteiger partial charge in [0.2, 0.25) is 5.91 Å². The van der Waals surface area contributed by atoms with Gasteiger partial charge >= 0.3 is 6.09 Å². The third-order valence-corrected chi connectivity index (χ3v) is 4.11. The van der Waals surface area contributed by atoms with Gasteiger partial charge in [-0.05, 0) is 28.8 Å². The molecule has 0 unspecified atom stereocenters. The van der Waals surface area contributed by atoms with E-state index in [1.165, 1.54) is 0 Å². The molecule has 28 heavy (non-hydrogen) atoms. The Morgan fingerprint density at radius 3 is 2.04 bits per heavy atom. The van der Waals surface area contributed by atoms with Crippen LogP contribution in [0.1, 0.15) is 12.0 Å². The van der Waals surface area contributed by atoms with Gasteiger partial charge in [0.25, 0.3) is 0 Å². The number of hydrogen-bond donors (Lipinski definition) is 2. The number of ether oxygens (including phenoxy) is 1. The van der Waals surface area contributed by atoms with Crippen molar-refractivity contribution in [2.75, 3.05) is 11.9 Å². The summed E-state index contributed by atoms with van der Waals surface area (Å²) in [6.45, 7) is 0.411. The highest BCUT2D eigenvalue weighted by Crippen LogP contribution is 2.21. The van der Waals surface area contributed by atoms with Gasteiger partial charge in [-0.2, -0.15) is 0 Å². The summed E-state index contributed by atoms with van der Waals surface area (Å²) < 4.78 is 5.10. The summed E-state index contributed by atoms with van der Waals surface area (Å²) in [5, 5.41) is 5.40. The molecule has 0 saturated carbocycles. The van der Waals surface area contributed by atoms with Crippen LogP contribution in [0, 0.1) is 0 Å². The Morgan fingerprint density at radius 2 is 1.36 bits per heavy atom. The third-order valence-electron chi connectivity index (χ3n) is 4.11. The average molecular weight is 374 g/mol. The normalized spacial score (nSPS) is 10.1. The second-order valence-corrected chi connectivity index (χ2v) is 6.23. The minimum Gasteiger partial charge on any atom is -0.445 e. The molecule has 5 heteroatoms. The number of hydrogen-bond acceptors (Lipinski definition) is 3. The molecule has 2 amide bonds. The highest BCUT2D eigenvalue weighted by molar-refractivity contribution is 5.91. The molecule has 0 saturated heterocycles. The molecular weight excluding hydrogens is 352 g/mol. The number of amides is 2. The SMILES string of the molecule is O=C(CCNC(=O)OCc1ccccc1)Nc1ccc(-c2ccccc2)cc1. The lowest BCUT2D eigenvalue weighted by atomic mass is 10.1. The zero-order valence-corrected chi connectivity index (χ0v) is 15.4. The zero-order valence-electron chi connectivity index (χ0n) is 15.4. The molecule has 142 valence electrons. The van der Waals surface area contributed by atoms with Gasteiger partial charge in [0, 0.05) is 18.7 Å². The van der Waals surface area contributed by atoms with Gasteiger partial charge in [-0.25, -0.2) is 4.79 Å². The summed E-state index contributed by atoms with van der Waals surface area (Å²) in [5.74, 6) is -0.171. The van der Waals surface area contributed by atoms with Gasteiger partial charge in [0.1, 0.15) is 6.61 Å². The maximum Gasteiger partial charge on any atom is 0.407 e. The number of benzene rings is 3. The van der Waals surface area contributed by atoms with E-state index in [1.54, 1.807) is 0 Å². The Kier molecular flexibility index (Phi) is 6.79. The van der Waals surface area contributed by atoms with Crippen LogP contribution in [-0.4, -0.2) is 18.5 Å². The second kappa shape index (κ2) is 9.92. The highest BCUT2D eigenvalue weighted by atomic mass is 16.5.